The number of carbonyl (C=O) groups is 1. The molecule has 0 spiro atoms. The first-order chi connectivity index (χ1) is 10.9. The van der Waals surface area contributed by atoms with Crippen molar-refractivity contribution in [1.29, 1.82) is 0 Å². The minimum absolute atomic E-state index is 0.0225. The first-order valence-corrected chi connectivity index (χ1v) is 9.81. The van der Waals surface area contributed by atoms with Crippen molar-refractivity contribution in [3.8, 4) is 0 Å². The van der Waals surface area contributed by atoms with Crippen LogP contribution in [-0.4, -0.2) is 56.0 Å². The minimum atomic E-state index is -3.11. The molecule has 1 aliphatic heterocycles. The van der Waals surface area contributed by atoms with Gasteiger partial charge in [-0.2, -0.15) is 0 Å². The maximum Gasteiger partial charge on any atom is 0.223 e. The summed E-state index contributed by atoms with van der Waals surface area (Å²) in [5.41, 5.74) is 1.40. The molecule has 0 radical (unpaired) electrons. The van der Waals surface area contributed by atoms with Crippen LogP contribution >= 0.6 is 0 Å². The normalized spacial score (nSPS) is 22.0. The molecule has 6 heteroatoms. The zero-order chi connectivity index (χ0) is 16.5. The molecule has 5 nitrogen and oxygen atoms in total. The molecule has 0 unspecified atom stereocenters. The molecule has 1 amide bonds. The molecule has 23 heavy (non-hydrogen) atoms. The highest BCUT2D eigenvalue weighted by Crippen LogP contribution is 2.48. The van der Waals surface area contributed by atoms with E-state index < -0.39 is 10.0 Å². The second kappa shape index (κ2) is 6.24. The molecule has 0 N–H and O–H groups in total. The third-order valence-corrected chi connectivity index (χ3v) is 6.94. The maximum absolute atomic E-state index is 12.4. The highest BCUT2D eigenvalue weighted by molar-refractivity contribution is 7.89. The second-order valence-corrected chi connectivity index (χ2v) is 8.80. The lowest BCUT2D eigenvalue weighted by molar-refractivity contribution is -0.130. The number of benzene rings is 1. The Balaban J connectivity index is 1.54. The Morgan fingerprint density at radius 2 is 1.96 bits per heavy atom. The lowest BCUT2D eigenvalue weighted by atomic mass is 9.95. The van der Waals surface area contributed by atoms with Crippen LogP contribution in [0.25, 0.3) is 0 Å². The summed E-state index contributed by atoms with van der Waals surface area (Å²) in [6, 6.07) is 10.3. The van der Waals surface area contributed by atoms with Crippen molar-refractivity contribution in [2.45, 2.75) is 31.1 Å². The molecule has 1 saturated carbocycles. The predicted molar refractivity (Wildman–Crippen MR) is 89.6 cm³/mol. The van der Waals surface area contributed by atoms with Crippen LogP contribution in [0.2, 0.25) is 0 Å². The summed E-state index contributed by atoms with van der Waals surface area (Å²) >= 11 is 0. The van der Waals surface area contributed by atoms with Crippen LogP contribution in [0.4, 0.5) is 0 Å². The summed E-state index contributed by atoms with van der Waals surface area (Å²) in [5, 5.41) is 0. The molecule has 1 aliphatic carbocycles. The third-order valence-electron chi connectivity index (χ3n) is 4.98. The standard InChI is InChI=1S/C17H24N2O3S/c1-18(14-17(9-10-17)15-6-3-2-4-7-15)16(20)8-12-19-11-5-13-23(19,21)22/h2-4,6-7H,5,8-14H2,1H3. The zero-order valence-corrected chi connectivity index (χ0v) is 14.4. The fourth-order valence-electron chi connectivity index (χ4n) is 3.38. The van der Waals surface area contributed by atoms with Crippen LogP contribution in [0.5, 0.6) is 0 Å². The predicted octanol–water partition coefficient (Wildman–Crippen LogP) is 1.60. The van der Waals surface area contributed by atoms with E-state index in [0.717, 1.165) is 12.8 Å². The molecule has 1 aromatic rings. The molecule has 0 bridgehead atoms. The molecule has 2 aliphatic rings. The van der Waals surface area contributed by atoms with Gasteiger partial charge in [0.15, 0.2) is 0 Å². The van der Waals surface area contributed by atoms with E-state index in [0.29, 0.717) is 26.1 Å². The number of hydrogen-bond acceptors (Lipinski definition) is 3. The van der Waals surface area contributed by atoms with Crippen molar-refractivity contribution in [3.63, 3.8) is 0 Å². The van der Waals surface area contributed by atoms with Crippen LogP contribution in [0, 0.1) is 0 Å². The van der Waals surface area contributed by atoms with Crippen LogP contribution in [-0.2, 0) is 20.2 Å². The molecular formula is C17H24N2O3S. The molecule has 2 fully saturated rings. The lowest BCUT2D eigenvalue weighted by Gasteiger charge is -2.25. The van der Waals surface area contributed by atoms with E-state index in [1.165, 1.54) is 9.87 Å². The average molecular weight is 336 g/mol. The number of rotatable bonds is 6. The minimum Gasteiger partial charge on any atom is -0.345 e. The number of hydrogen-bond donors (Lipinski definition) is 0. The van der Waals surface area contributed by atoms with E-state index in [9.17, 15) is 13.2 Å². The second-order valence-electron chi connectivity index (χ2n) is 6.71. The van der Waals surface area contributed by atoms with E-state index >= 15 is 0 Å². The van der Waals surface area contributed by atoms with Crippen LogP contribution < -0.4 is 0 Å². The summed E-state index contributed by atoms with van der Waals surface area (Å²) in [4.78, 5) is 14.1. The van der Waals surface area contributed by atoms with Gasteiger partial charge in [0.05, 0.1) is 5.75 Å². The third kappa shape index (κ3) is 3.58. The van der Waals surface area contributed by atoms with E-state index in [1.54, 1.807) is 4.90 Å². The maximum atomic E-state index is 12.4. The number of sulfonamides is 1. The average Bonchev–Trinajstić information content (AvgIpc) is 3.23. The Hall–Kier alpha value is -1.40. The molecule has 1 heterocycles. The van der Waals surface area contributed by atoms with Crippen LogP contribution in [0.1, 0.15) is 31.2 Å². The number of carbonyl (C=O) groups excluding carboxylic acids is 1. The van der Waals surface area contributed by atoms with E-state index in [2.05, 4.69) is 12.1 Å². The highest BCUT2D eigenvalue weighted by atomic mass is 32.2. The van der Waals surface area contributed by atoms with Crippen molar-refractivity contribution >= 4 is 15.9 Å². The fourth-order valence-corrected chi connectivity index (χ4v) is 4.91. The summed E-state index contributed by atoms with van der Waals surface area (Å²) in [6.07, 6.45) is 3.15. The quantitative estimate of drug-likeness (QED) is 0.793. The van der Waals surface area contributed by atoms with Gasteiger partial charge in [0.1, 0.15) is 0 Å². The molecular weight excluding hydrogens is 312 g/mol. The van der Waals surface area contributed by atoms with Crippen LogP contribution in [0.3, 0.4) is 0 Å². The molecule has 3 rings (SSSR count). The zero-order valence-electron chi connectivity index (χ0n) is 13.6. The van der Waals surface area contributed by atoms with E-state index in [1.807, 2.05) is 25.2 Å². The van der Waals surface area contributed by atoms with Crippen LogP contribution in [0.15, 0.2) is 30.3 Å². The van der Waals surface area contributed by atoms with Crippen molar-refractivity contribution in [3.05, 3.63) is 35.9 Å². The monoisotopic (exact) mass is 336 g/mol. The Kier molecular flexibility index (Phi) is 4.47. The topological polar surface area (TPSA) is 57.7 Å². The summed E-state index contributed by atoms with van der Waals surface area (Å²) < 4.78 is 25.0. The molecule has 0 atom stereocenters. The van der Waals surface area contributed by atoms with Gasteiger partial charge in [0.2, 0.25) is 15.9 Å². The van der Waals surface area contributed by atoms with E-state index in [4.69, 9.17) is 0 Å². The number of nitrogens with zero attached hydrogens (tertiary/aromatic N) is 2. The van der Waals surface area contributed by atoms with Gasteiger partial charge in [0, 0.05) is 38.5 Å². The van der Waals surface area contributed by atoms with Gasteiger partial charge in [-0.3, -0.25) is 4.79 Å². The van der Waals surface area contributed by atoms with Gasteiger partial charge in [-0.1, -0.05) is 30.3 Å². The van der Waals surface area contributed by atoms with E-state index in [-0.39, 0.29) is 23.5 Å². The van der Waals surface area contributed by atoms with Crippen molar-refractivity contribution in [1.82, 2.24) is 9.21 Å². The van der Waals surface area contributed by atoms with Crippen molar-refractivity contribution in [2.75, 3.05) is 32.4 Å². The summed E-state index contributed by atoms with van der Waals surface area (Å²) in [7, 11) is -1.29. The lowest BCUT2D eigenvalue weighted by Crippen LogP contribution is -2.37. The first-order valence-electron chi connectivity index (χ1n) is 8.20. The van der Waals surface area contributed by atoms with Gasteiger partial charge in [0.25, 0.3) is 0 Å². The van der Waals surface area contributed by atoms with Gasteiger partial charge in [-0.05, 0) is 24.8 Å². The fraction of sp³-hybridized carbons (Fsp3) is 0.588. The SMILES string of the molecule is CN(CC1(c2ccccc2)CC1)C(=O)CCN1CCCS1(=O)=O. The van der Waals surface area contributed by atoms with Gasteiger partial charge < -0.3 is 4.90 Å². The molecule has 1 aromatic carbocycles. The van der Waals surface area contributed by atoms with Crippen molar-refractivity contribution < 1.29 is 13.2 Å². The van der Waals surface area contributed by atoms with Gasteiger partial charge in [-0.15, -0.1) is 0 Å². The molecule has 126 valence electrons. The molecule has 1 saturated heterocycles. The Morgan fingerprint density at radius 3 is 2.52 bits per heavy atom. The Labute approximate surface area is 138 Å². The first kappa shape index (κ1) is 16.5. The summed E-state index contributed by atoms with van der Waals surface area (Å²) in [5.74, 6) is 0.239. The summed E-state index contributed by atoms with van der Waals surface area (Å²) in [6.45, 7) is 1.57. The van der Waals surface area contributed by atoms with Crippen molar-refractivity contribution in [2.24, 2.45) is 0 Å². The number of likely N-dealkylation sites (N-methyl/N-ethyl adjacent to an activating group) is 1. The van der Waals surface area contributed by atoms with Gasteiger partial charge >= 0.3 is 0 Å². The smallest absolute Gasteiger partial charge is 0.223 e. The largest absolute Gasteiger partial charge is 0.345 e. The Bertz CT molecular complexity index is 668. The van der Waals surface area contributed by atoms with Gasteiger partial charge in [-0.25, -0.2) is 12.7 Å². The highest BCUT2D eigenvalue weighted by Gasteiger charge is 2.45. The number of amides is 1. The Morgan fingerprint density at radius 1 is 1.26 bits per heavy atom. The molecule has 0 aromatic heterocycles.